The van der Waals surface area contributed by atoms with E-state index in [0.717, 1.165) is 34.2 Å². The molecule has 37 heavy (non-hydrogen) atoms. The summed E-state index contributed by atoms with van der Waals surface area (Å²) in [6.45, 7) is 1.94. The zero-order valence-corrected chi connectivity index (χ0v) is 22.0. The second-order valence-electron chi connectivity index (χ2n) is 8.85. The van der Waals surface area contributed by atoms with Crippen molar-refractivity contribution >= 4 is 50.4 Å². The fourth-order valence-corrected chi connectivity index (χ4v) is 4.52. The summed E-state index contributed by atoms with van der Waals surface area (Å²) in [5.41, 5.74) is 2.94. The lowest BCUT2D eigenvalue weighted by atomic mass is 10.3. The van der Waals surface area contributed by atoms with Gasteiger partial charge in [-0.05, 0) is 55.3 Å². The monoisotopic (exact) mass is 562 g/mol. The first-order valence-corrected chi connectivity index (χ1v) is 12.9. The van der Waals surface area contributed by atoms with E-state index in [1.54, 1.807) is 18.3 Å². The lowest BCUT2D eigenvalue weighted by Crippen LogP contribution is -2.30. The third kappa shape index (κ3) is 5.91. The molecule has 0 spiro atoms. The van der Waals surface area contributed by atoms with E-state index in [1.165, 1.54) is 0 Å². The highest BCUT2D eigenvalue weighted by Crippen LogP contribution is 2.28. The molecule has 2 aromatic carbocycles. The number of fused-ring (bicyclic) bond motifs is 1. The van der Waals surface area contributed by atoms with Crippen LogP contribution in [-0.2, 0) is 11.8 Å². The van der Waals surface area contributed by atoms with Gasteiger partial charge in [0.25, 0.3) is 5.91 Å². The lowest BCUT2D eigenvalue weighted by molar-refractivity contribution is -0.127. The zero-order chi connectivity index (χ0) is 25.8. The molecule has 0 aliphatic carbocycles. The Labute approximate surface area is 223 Å². The summed E-state index contributed by atoms with van der Waals surface area (Å²) in [4.78, 5) is 35.0. The quantitative estimate of drug-likeness (QED) is 0.278. The molecule has 1 fully saturated rings. The van der Waals surface area contributed by atoms with Gasteiger partial charge >= 0.3 is 0 Å². The number of rotatable bonds is 9. The molecule has 0 saturated carbocycles. The summed E-state index contributed by atoms with van der Waals surface area (Å²) < 4.78 is 9.02. The number of benzene rings is 2. The van der Waals surface area contributed by atoms with Crippen LogP contribution >= 0.6 is 15.9 Å². The first kappa shape index (κ1) is 24.8. The van der Waals surface area contributed by atoms with Crippen molar-refractivity contribution in [3.05, 3.63) is 71.0 Å². The number of ether oxygens (including phenoxy) is 1. The molecular formula is C27H27BrN6O3. The second kappa shape index (κ2) is 11.0. The van der Waals surface area contributed by atoms with Crippen LogP contribution in [0.2, 0.25) is 0 Å². The average molecular weight is 563 g/mol. The number of anilines is 2. The van der Waals surface area contributed by atoms with Gasteiger partial charge in [-0.25, -0.2) is 4.98 Å². The number of aryl methyl sites for hydroxylation is 1. The van der Waals surface area contributed by atoms with E-state index in [4.69, 9.17) is 9.72 Å². The average Bonchev–Trinajstić information content (AvgIpc) is 3.45. The summed E-state index contributed by atoms with van der Waals surface area (Å²) in [5.74, 6) is 1.74. The molecule has 0 atom stereocenters. The molecule has 1 saturated heterocycles. The number of imidazole rings is 1. The number of pyridine rings is 1. The predicted octanol–water partition coefficient (Wildman–Crippen LogP) is 5.01. The molecule has 0 radical (unpaired) electrons. The van der Waals surface area contributed by atoms with Gasteiger partial charge in [-0.3, -0.25) is 14.6 Å². The minimum atomic E-state index is -0.276. The number of nitrogens with one attached hydrogen (secondary N) is 2. The van der Waals surface area contributed by atoms with Crippen LogP contribution in [-0.4, -0.2) is 50.9 Å². The maximum absolute atomic E-state index is 12.6. The van der Waals surface area contributed by atoms with Crippen molar-refractivity contribution in [3.8, 4) is 11.5 Å². The Morgan fingerprint density at radius 3 is 2.70 bits per heavy atom. The Bertz CT molecular complexity index is 1440. The second-order valence-corrected chi connectivity index (χ2v) is 9.77. The van der Waals surface area contributed by atoms with Gasteiger partial charge in [0.2, 0.25) is 11.9 Å². The Kier molecular flexibility index (Phi) is 7.36. The molecule has 1 aliphatic rings. The molecule has 1 aliphatic heterocycles. The molecule has 5 rings (SSSR count). The van der Waals surface area contributed by atoms with E-state index < -0.39 is 0 Å². The van der Waals surface area contributed by atoms with Crippen LogP contribution in [0.3, 0.4) is 0 Å². The number of amides is 2. The van der Waals surface area contributed by atoms with Gasteiger partial charge in [-0.2, -0.15) is 0 Å². The third-order valence-electron chi connectivity index (χ3n) is 6.21. The number of hydrogen-bond acceptors (Lipinski definition) is 6. The standard InChI is InChI=1S/C27H27BrN6O3/c1-33-24-10-9-20(16-22(24)32-27(33)31-19-7-5-18(28)6-8-19)37-21-11-13-29-23(17-21)26(36)30-12-3-15-34-14-2-4-25(34)35/h5-11,13,16-17H,2-4,12,14-15H2,1H3,(H,30,36)(H,31,32). The van der Waals surface area contributed by atoms with E-state index in [2.05, 4.69) is 31.5 Å². The van der Waals surface area contributed by atoms with Crippen molar-refractivity contribution in [2.24, 2.45) is 7.05 Å². The number of hydrogen-bond donors (Lipinski definition) is 2. The predicted molar refractivity (Wildman–Crippen MR) is 145 cm³/mol. The van der Waals surface area contributed by atoms with E-state index in [0.29, 0.717) is 43.4 Å². The molecule has 190 valence electrons. The summed E-state index contributed by atoms with van der Waals surface area (Å²) in [7, 11) is 1.95. The zero-order valence-electron chi connectivity index (χ0n) is 20.4. The normalized spacial score (nSPS) is 13.2. The Balaban J connectivity index is 1.21. The van der Waals surface area contributed by atoms with Crippen molar-refractivity contribution in [2.45, 2.75) is 19.3 Å². The number of halogens is 1. The molecule has 10 heteroatoms. The van der Waals surface area contributed by atoms with Crippen molar-refractivity contribution in [3.63, 3.8) is 0 Å². The number of nitrogens with zero attached hydrogens (tertiary/aromatic N) is 4. The molecule has 4 aromatic rings. The van der Waals surface area contributed by atoms with Crippen molar-refractivity contribution in [1.82, 2.24) is 24.8 Å². The highest BCUT2D eigenvalue weighted by Gasteiger charge is 2.19. The SMILES string of the molecule is Cn1c(Nc2ccc(Br)cc2)nc2cc(Oc3ccnc(C(=O)NCCCN4CCCC4=O)c3)ccc21. The molecule has 2 amide bonds. The number of aromatic nitrogens is 3. The van der Waals surface area contributed by atoms with Crippen LogP contribution in [0.4, 0.5) is 11.6 Å². The smallest absolute Gasteiger partial charge is 0.270 e. The lowest BCUT2D eigenvalue weighted by Gasteiger charge is -2.15. The van der Waals surface area contributed by atoms with Crippen LogP contribution in [0, 0.1) is 0 Å². The maximum Gasteiger partial charge on any atom is 0.270 e. The van der Waals surface area contributed by atoms with Gasteiger partial charge in [-0.1, -0.05) is 15.9 Å². The van der Waals surface area contributed by atoms with Crippen LogP contribution in [0.15, 0.2) is 65.3 Å². The van der Waals surface area contributed by atoms with E-state index >= 15 is 0 Å². The van der Waals surface area contributed by atoms with Gasteiger partial charge in [0, 0.05) is 61.6 Å². The minimum absolute atomic E-state index is 0.193. The first-order valence-electron chi connectivity index (χ1n) is 12.2. The van der Waals surface area contributed by atoms with Gasteiger partial charge in [-0.15, -0.1) is 0 Å². The molecule has 0 unspecified atom stereocenters. The Morgan fingerprint density at radius 2 is 1.92 bits per heavy atom. The van der Waals surface area contributed by atoms with Crippen LogP contribution < -0.4 is 15.4 Å². The number of carbonyl (C=O) groups excluding carboxylic acids is 2. The minimum Gasteiger partial charge on any atom is -0.457 e. The van der Waals surface area contributed by atoms with Gasteiger partial charge < -0.3 is 24.8 Å². The van der Waals surface area contributed by atoms with Crippen molar-refractivity contribution in [1.29, 1.82) is 0 Å². The third-order valence-corrected chi connectivity index (χ3v) is 6.74. The summed E-state index contributed by atoms with van der Waals surface area (Å²) >= 11 is 3.45. The fourth-order valence-electron chi connectivity index (χ4n) is 4.25. The van der Waals surface area contributed by atoms with Gasteiger partial charge in [0.15, 0.2) is 0 Å². The molecule has 3 heterocycles. The summed E-state index contributed by atoms with van der Waals surface area (Å²) in [6, 6.07) is 16.9. The Hall–Kier alpha value is -3.92. The molecule has 2 aromatic heterocycles. The highest BCUT2D eigenvalue weighted by molar-refractivity contribution is 9.10. The van der Waals surface area contributed by atoms with Crippen molar-refractivity contribution in [2.75, 3.05) is 25.0 Å². The van der Waals surface area contributed by atoms with E-state index in [1.807, 2.05) is 59.0 Å². The summed E-state index contributed by atoms with van der Waals surface area (Å²) in [5, 5.41) is 6.20. The Morgan fingerprint density at radius 1 is 1.11 bits per heavy atom. The maximum atomic E-state index is 12.6. The first-order chi connectivity index (χ1) is 18.0. The summed E-state index contributed by atoms with van der Waals surface area (Å²) in [6.07, 6.45) is 3.79. The van der Waals surface area contributed by atoms with E-state index in [9.17, 15) is 9.59 Å². The van der Waals surface area contributed by atoms with Gasteiger partial charge in [0.05, 0.1) is 11.0 Å². The topological polar surface area (TPSA) is 101 Å². The van der Waals surface area contributed by atoms with E-state index in [-0.39, 0.29) is 17.5 Å². The number of carbonyl (C=O) groups is 2. The van der Waals surface area contributed by atoms with Crippen LogP contribution in [0.5, 0.6) is 11.5 Å². The fraction of sp³-hybridized carbons (Fsp3) is 0.259. The number of likely N-dealkylation sites (tertiary alicyclic amines) is 1. The van der Waals surface area contributed by atoms with Crippen LogP contribution in [0.1, 0.15) is 29.8 Å². The highest BCUT2D eigenvalue weighted by atomic mass is 79.9. The molecule has 9 nitrogen and oxygen atoms in total. The molecule has 2 N–H and O–H groups in total. The van der Waals surface area contributed by atoms with Crippen molar-refractivity contribution < 1.29 is 14.3 Å². The largest absolute Gasteiger partial charge is 0.457 e. The molecular weight excluding hydrogens is 536 g/mol. The van der Waals surface area contributed by atoms with Gasteiger partial charge in [0.1, 0.15) is 17.2 Å². The van der Waals surface area contributed by atoms with Crippen LogP contribution in [0.25, 0.3) is 11.0 Å². The molecule has 0 bridgehead atoms.